The fourth-order valence-electron chi connectivity index (χ4n) is 2.37. The number of nitrogens with zero attached hydrogens (tertiary/aromatic N) is 1. The van der Waals surface area contributed by atoms with E-state index < -0.39 is 0 Å². The SMILES string of the molecule is Cl.Cl.c1cc2[nH]ncc2cc1C1CCNCC1. The van der Waals surface area contributed by atoms with Crippen molar-refractivity contribution in [2.45, 2.75) is 18.8 Å². The monoisotopic (exact) mass is 273 g/mol. The molecule has 0 atom stereocenters. The van der Waals surface area contributed by atoms with Gasteiger partial charge in [0.1, 0.15) is 0 Å². The van der Waals surface area contributed by atoms with Gasteiger partial charge in [-0.05, 0) is 49.5 Å². The maximum absolute atomic E-state index is 4.05. The van der Waals surface area contributed by atoms with Gasteiger partial charge in [-0.2, -0.15) is 5.10 Å². The van der Waals surface area contributed by atoms with Gasteiger partial charge >= 0.3 is 0 Å². The second-order valence-corrected chi connectivity index (χ2v) is 4.24. The molecular weight excluding hydrogens is 257 g/mol. The van der Waals surface area contributed by atoms with E-state index in [2.05, 4.69) is 33.7 Å². The molecule has 0 bridgehead atoms. The Labute approximate surface area is 113 Å². The molecule has 1 aromatic carbocycles. The van der Waals surface area contributed by atoms with E-state index in [4.69, 9.17) is 0 Å². The lowest BCUT2D eigenvalue weighted by atomic mass is 9.90. The maximum Gasteiger partial charge on any atom is 0.0650 e. The number of piperidine rings is 1. The average molecular weight is 274 g/mol. The minimum absolute atomic E-state index is 0. The molecule has 0 aliphatic carbocycles. The second kappa shape index (κ2) is 6.24. The lowest BCUT2D eigenvalue weighted by Crippen LogP contribution is -2.26. The molecule has 2 aromatic rings. The summed E-state index contributed by atoms with van der Waals surface area (Å²) >= 11 is 0. The van der Waals surface area contributed by atoms with Crippen LogP contribution in [0.2, 0.25) is 0 Å². The first kappa shape index (κ1) is 14.3. The van der Waals surface area contributed by atoms with Gasteiger partial charge in [0.25, 0.3) is 0 Å². The van der Waals surface area contributed by atoms with E-state index in [1.807, 2.05) is 6.20 Å². The van der Waals surface area contributed by atoms with E-state index in [9.17, 15) is 0 Å². The molecule has 1 aliphatic rings. The summed E-state index contributed by atoms with van der Waals surface area (Å²) in [5.41, 5.74) is 2.60. The zero-order valence-corrected chi connectivity index (χ0v) is 11.1. The zero-order valence-electron chi connectivity index (χ0n) is 9.48. The van der Waals surface area contributed by atoms with Gasteiger partial charge in [-0.3, -0.25) is 5.10 Å². The Morgan fingerprint density at radius 3 is 2.65 bits per heavy atom. The third kappa shape index (κ3) is 2.92. The molecule has 2 heterocycles. The number of H-pyrrole nitrogens is 1. The van der Waals surface area contributed by atoms with Gasteiger partial charge in [0.05, 0.1) is 11.7 Å². The van der Waals surface area contributed by atoms with E-state index in [1.54, 1.807) is 0 Å². The first-order valence-electron chi connectivity index (χ1n) is 5.57. The molecule has 1 aromatic heterocycles. The number of aromatic nitrogens is 2. The van der Waals surface area contributed by atoms with Crippen LogP contribution < -0.4 is 5.32 Å². The number of hydrogen-bond donors (Lipinski definition) is 2. The molecule has 0 unspecified atom stereocenters. The van der Waals surface area contributed by atoms with Crippen LogP contribution in [0.5, 0.6) is 0 Å². The predicted octanol–water partition coefficient (Wildman–Crippen LogP) is 2.87. The Kier molecular flexibility index (Phi) is 5.25. The van der Waals surface area contributed by atoms with E-state index in [0.717, 1.165) is 24.5 Å². The van der Waals surface area contributed by atoms with Crippen LogP contribution in [0.3, 0.4) is 0 Å². The van der Waals surface area contributed by atoms with Crippen molar-refractivity contribution in [3.05, 3.63) is 30.0 Å². The van der Waals surface area contributed by atoms with Crippen LogP contribution in [0, 0.1) is 0 Å². The van der Waals surface area contributed by atoms with Gasteiger partial charge in [-0.15, -0.1) is 24.8 Å². The fraction of sp³-hybridized carbons (Fsp3) is 0.417. The molecule has 0 amide bonds. The summed E-state index contributed by atoms with van der Waals surface area (Å²) in [6.07, 6.45) is 4.41. The Morgan fingerprint density at radius 1 is 1.12 bits per heavy atom. The van der Waals surface area contributed by atoms with Crippen LogP contribution in [0.4, 0.5) is 0 Å². The maximum atomic E-state index is 4.05. The van der Waals surface area contributed by atoms with Crippen molar-refractivity contribution in [2.75, 3.05) is 13.1 Å². The molecule has 1 saturated heterocycles. The van der Waals surface area contributed by atoms with Crippen molar-refractivity contribution in [1.82, 2.24) is 15.5 Å². The predicted molar refractivity (Wildman–Crippen MR) is 75.4 cm³/mol. The third-order valence-electron chi connectivity index (χ3n) is 3.27. The Morgan fingerprint density at radius 2 is 1.88 bits per heavy atom. The fourth-order valence-corrected chi connectivity index (χ4v) is 2.37. The van der Waals surface area contributed by atoms with Crippen LogP contribution in [0.1, 0.15) is 24.3 Å². The molecule has 0 spiro atoms. The summed E-state index contributed by atoms with van der Waals surface area (Å²) < 4.78 is 0. The van der Waals surface area contributed by atoms with Crippen LogP contribution in [-0.2, 0) is 0 Å². The van der Waals surface area contributed by atoms with Crippen LogP contribution in [0.15, 0.2) is 24.4 Å². The minimum Gasteiger partial charge on any atom is -0.317 e. The quantitative estimate of drug-likeness (QED) is 0.839. The van der Waals surface area contributed by atoms with Crippen LogP contribution in [0.25, 0.3) is 10.9 Å². The standard InChI is InChI=1S/C12H15N3.2ClH/c1-2-12-11(8-14-15-12)7-10(1)9-3-5-13-6-4-9;;/h1-2,7-9,13H,3-6H2,(H,14,15);2*1H. The molecule has 2 N–H and O–H groups in total. The smallest absolute Gasteiger partial charge is 0.0650 e. The van der Waals surface area contributed by atoms with Crippen molar-refractivity contribution in [3.8, 4) is 0 Å². The van der Waals surface area contributed by atoms with E-state index in [0.29, 0.717) is 0 Å². The van der Waals surface area contributed by atoms with Gasteiger partial charge in [0.15, 0.2) is 0 Å². The van der Waals surface area contributed by atoms with Gasteiger partial charge in [0.2, 0.25) is 0 Å². The lowest BCUT2D eigenvalue weighted by Gasteiger charge is -2.22. The Bertz CT molecular complexity index is 463. The molecule has 3 nitrogen and oxygen atoms in total. The van der Waals surface area contributed by atoms with Crippen molar-refractivity contribution in [1.29, 1.82) is 0 Å². The normalized spacial score (nSPS) is 16.2. The molecule has 94 valence electrons. The van der Waals surface area contributed by atoms with E-state index in [-0.39, 0.29) is 24.8 Å². The number of halogens is 2. The Hall–Kier alpha value is -0.770. The largest absolute Gasteiger partial charge is 0.317 e. The number of rotatable bonds is 1. The topological polar surface area (TPSA) is 40.7 Å². The molecule has 5 heteroatoms. The number of aromatic amines is 1. The summed E-state index contributed by atoms with van der Waals surface area (Å²) in [7, 11) is 0. The molecule has 17 heavy (non-hydrogen) atoms. The summed E-state index contributed by atoms with van der Waals surface area (Å²) in [5.74, 6) is 0.727. The molecular formula is C12H17Cl2N3. The molecule has 0 radical (unpaired) electrons. The van der Waals surface area contributed by atoms with Gasteiger partial charge < -0.3 is 5.32 Å². The molecule has 0 saturated carbocycles. The average Bonchev–Trinajstić information content (AvgIpc) is 2.77. The summed E-state index contributed by atoms with van der Waals surface area (Å²) in [5, 5.41) is 11.7. The van der Waals surface area contributed by atoms with Crippen LogP contribution in [-0.4, -0.2) is 23.3 Å². The Balaban J connectivity index is 0.000000722. The van der Waals surface area contributed by atoms with Crippen molar-refractivity contribution >= 4 is 35.7 Å². The first-order valence-corrected chi connectivity index (χ1v) is 5.57. The second-order valence-electron chi connectivity index (χ2n) is 4.24. The summed E-state index contributed by atoms with van der Waals surface area (Å²) in [4.78, 5) is 0. The lowest BCUT2D eigenvalue weighted by molar-refractivity contribution is 0.460. The number of fused-ring (bicyclic) bond motifs is 1. The highest BCUT2D eigenvalue weighted by Crippen LogP contribution is 2.27. The van der Waals surface area contributed by atoms with E-state index >= 15 is 0 Å². The van der Waals surface area contributed by atoms with Crippen molar-refractivity contribution < 1.29 is 0 Å². The molecule has 1 aliphatic heterocycles. The summed E-state index contributed by atoms with van der Waals surface area (Å²) in [6.45, 7) is 2.29. The minimum atomic E-state index is 0. The van der Waals surface area contributed by atoms with Crippen molar-refractivity contribution in [2.24, 2.45) is 0 Å². The van der Waals surface area contributed by atoms with Gasteiger partial charge in [-0.25, -0.2) is 0 Å². The van der Waals surface area contributed by atoms with E-state index in [1.165, 1.54) is 23.8 Å². The number of nitrogens with one attached hydrogen (secondary N) is 2. The third-order valence-corrected chi connectivity index (χ3v) is 3.27. The number of hydrogen-bond acceptors (Lipinski definition) is 2. The van der Waals surface area contributed by atoms with Gasteiger partial charge in [-0.1, -0.05) is 6.07 Å². The molecule has 3 rings (SSSR count). The first-order chi connectivity index (χ1) is 7.43. The highest BCUT2D eigenvalue weighted by Gasteiger charge is 2.15. The van der Waals surface area contributed by atoms with Gasteiger partial charge in [0, 0.05) is 5.39 Å². The zero-order chi connectivity index (χ0) is 10.1. The summed E-state index contributed by atoms with van der Waals surface area (Å²) in [6, 6.07) is 6.64. The van der Waals surface area contributed by atoms with Crippen molar-refractivity contribution in [3.63, 3.8) is 0 Å². The number of benzene rings is 1. The highest BCUT2D eigenvalue weighted by molar-refractivity contribution is 5.85. The van der Waals surface area contributed by atoms with Crippen LogP contribution >= 0.6 is 24.8 Å². The molecule has 1 fully saturated rings. The highest BCUT2D eigenvalue weighted by atomic mass is 35.5.